The summed E-state index contributed by atoms with van der Waals surface area (Å²) in [5.41, 5.74) is -1.34. The number of aliphatic hydroxyl groups excluding tert-OH is 2. The van der Waals surface area contributed by atoms with E-state index < -0.39 is 30.5 Å². The predicted molar refractivity (Wildman–Crippen MR) is 70.9 cm³/mol. The minimum atomic E-state index is -1.68. The lowest BCUT2D eigenvalue weighted by molar-refractivity contribution is -0.0895. The number of ether oxygens (including phenoxy) is 1. The SMILES string of the molecule is C#C[C@]1(CO)O[C@@H](n2cnc3c(O)ncnc32)[C@H](C#N)[C@H]1O. The summed E-state index contributed by atoms with van der Waals surface area (Å²) in [7, 11) is 0. The first-order chi connectivity index (χ1) is 10.6. The van der Waals surface area contributed by atoms with E-state index in [0.29, 0.717) is 0 Å². The Morgan fingerprint density at radius 3 is 2.86 bits per heavy atom. The number of aromatic hydroxyl groups is 1. The van der Waals surface area contributed by atoms with Gasteiger partial charge in [0, 0.05) is 0 Å². The summed E-state index contributed by atoms with van der Waals surface area (Å²) in [6, 6.07) is 1.92. The van der Waals surface area contributed by atoms with Crippen molar-refractivity contribution < 1.29 is 20.1 Å². The number of rotatable bonds is 2. The Morgan fingerprint density at radius 1 is 1.45 bits per heavy atom. The van der Waals surface area contributed by atoms with Crippen LogP contribution in [0.2, 0.25) is 0 Å². The molecule has 112 valence electrons. The normalized spacial score (nSPS) is 31.0. The van der Waals surface area contributed by atoms with Crippen LogP contribution in [0.25, 0.3) is 11.2 Å². The molecule has 2 aromatic rings. The van der Waals surface area contributed by atoms with Crippen molar-refractivity contribution in [3.8, 4) is 24.3 Å². The highest BCUT2D eigenvalue weighted by molar-refractivity contribution is 5.75. The average molecular weight is 301 g/mol. The molecule has 0 bridgehead atoms. The molecule has 9 heteroatoms. The Bertz CT molecular complexity index is 807. The van der Waals surface area contributed by atoms with E-state index in [9.17, 15) is 20.6 Å². The fourth-order valence-corrected chi connectivity index (χ4v) is 2.49. The zero-order valence-electron chi connectivity index (χ0n) is 11.2. The van der Waals surface area contributed by atoms with Gasteiger partial charge in [-0.1, -0.05) is 5.92 Å². The minimum absolute atomic E-state index is 0.125. The van der Waals surface area contributed by atoms with Gasteiger partial charge in [-0.05, 0) is 0 Å². The van der Waals surface area contributed by atoms with Crippen molar-refractivity contribution in [1.82, 2.24) is 19.5 Å². The zero-order chi connectivity index (χ0) is 15.9. The first kappa shape index (κ1) is 14.2. The van der Waals surface area contributed by atoms with Crippen LogP contribution >= 0.6 is 0 Å². The summed E-state index contributed by atoms with van der Waals surface area (Å²) in [4.78, 5) is 11.5. The summed E-state index contributed by atoms with van der Waals surface area (Å²) in [6.07, 6.45) is 5.37. The van der Waals surface area contributed by atoms with Gasteiger partial charge >= 0.3 is 0 Å². The van der Waals surface area contributed by atoms with Crippen molar-refractivity contribution in [3.63, 3.8) is 0 Å². The predicted octanol–water partition coefficient (Wildman–Crippen LogP) is -1.07. The molecule has 0 saturated carbocycles. The zero-order valence-corrected chi connectivity index (χ0v) is 11.2. The lowest BCUT2D eigenvalue weighted by Crippen LogP contribution is -2.43. The lowest BCUT2D eigenvalue weighted by atomic mass is 9.91. The van der Waals surface area contributed by atoms with E-state index in [1.165, 1.54) is 10.9 Å². The monoisotopic (exact) mass is 301 g/mol. The number of aromatic nitrogens is 4. The maximum Gasteiger partial charge on any atom is 0.242 e. The molecule has 4 atom stereocenters. The smallest absolute Gasteiger partial charge is 0.242 e. The van der Waals surface area contributed by atoms with Crippen molar-refractivity contribution >= 4 is 11.2 Å². The van der Waals surface area contributed by atoms with Gasteiger partial charge in [0.1, 0.15) is 18.3 Å². The topological polar surface area (TPSA) is 137 Å². The quantitative estimate of drug-likeness (QED) is 0.596. The molecule has 2 aromatic heterocycles. The van der Waals surface area contributed by atoms with Crippen molar-refractivity contribution in [3.05, 3.63) is 12.7 Å². The van der Waals surface area contributed by atoms with E-state index in [-0.39, 0.29) is 17.0 Å². The van der Waals surface area contributed by atoms with E-state index in [0.717, 1.165) is 6.33 Å². The average Bonchev–Trinajstić information content (AvgIpc) is 3.07. The molecule has 0 radical (unpaired) electrons. The van der Waals surface area contributed by atoms with Gasteiger partial charge in [0.15, 0.2) is 23.0 Å². The number of nitrogens with zero attached hydrogens (tertiary/aromatic N) is 5. The Kier molecular flexibility index (Phi) is 3.19. The molecule has 1 aliphatic rings. The maximum atomic E-state index is 10.2. The van der Waals surface area contributed by atoms with Crippen LogP contribution in [0.4, 0.5) is 0 Å². The standard InChI is InChI=1S/C13H11N5O4/c1-2-13(4-19)9(20)7(3-14)12(22-13)18-6-17-8-10(18)15-5-16-11(8)21/h1,5-7,9,12,19-20H,4H2,(H,15,16,21)/t7-,9-,12-,13-/m1/s1. The van der Waals surface area contributed by atoms with Crippen LogP contribution < -0.4 is 0 Å². The fraction of sp³-hybridized carbons (Fsp3) is 0.385. The van der Waals surface area contributed by atoms with Gasteiger partial charge in [-0.25, -0.2) is 9.97 Å². The molecule has 3 heterocycles. The molecule has 0 aliphatic carbocycles. The van der Waals surface area contributed by atoms with E-state index in [1.54, 1.807) is 0 Å². The van der Waals surface area contributed by atoms with Gasteiger partial charge in [-0.15, -0.1) is 6.42 Å². The second-order valence-electron chi connectivity index (χ2n) is 4.82. The summed E-state index contributed by atoms with van der Waals surface area (Å²) in [5, 5.41) is 38.6. The Morgan fingerprint density at radius 2 is 2.23 bits per heavy atom. The van der Waals surface area contributed by atoms with Gasteiger partial charge in [-0.2, -0.15) is 10.2 Å². The van der Waals surface area contributed by atoms with Crippen LogP contribution in [-0.4, -0.2) is 53.2 Å². The largest absolute Gasteiger partial charge is 0.492 e. The Labute approximate surface area is 124 Å². The summed E-state index contributed by atoms with van der Waals surface area (Å²) in [6.45, 7) is -0.647. The number of hydrogen-bond donors (Lipinski definition) is 3. The van der Waals surface area contributed by atoms with Gasteiger partial charge in [0.2, 0.25) is 5.88 Å². The van der Waals surface area contributed by atoms with Gasteiger partial charge in [0.25, 0.3) is 0 Å². The molecule has 1 saturated heterocycles. The Hall–Kier alpha value is -2.72. The van der Waals surface area contributed by atoms with Crippen LogP contribution in [-0.2, 0) is 4.74 Å². The number of fused-ring (bicyclic) bond motifs is 1. The van der Waals surface area contributed by atoms with Gasteiger partial charge < -0.3 is 20.1 Å². The van der Waals surface area contributed by atoms with Crippen LogP contribution in [0.15, 0.2) is 12.7 Å². The number of hydrogen-bond acceptors (Lipinski definition) is 8. The highest BCUT2D eigenvalue weighted by atomic mass is 16.6. The third-order valence-corrected chi connectivity index (χ3v) is 3.70. The first-order valence-corrected chi connectivity index (χ1v) is 6.28. The van der Waals surface area contributed by atoms with Crippen molar-refractivity contribution in [2.45, 2.75) is 17.9 Å². The number of imidazole rings is 1. The second-order valence-corrected chi connectivity index (χ2v) is 4.82. The number of terminal acetylenes is 1. The molecule has 22 heavy (non-hydrogen) atoms. The number of aliphatic hydroxyl groups is 2. The molecule has 1 fully saturated rings. The highest BCUT2D eigenvalue weighted by Crippen LogP contribution is 2.42. The summed E-state index contributed by atoms with van der Waals surface area (Å²) < 4.78 is 6.94. The number of nitriles is 1. The molecule has 0 unspecified atom stereocenters. The molecule has 0 amide bonds. The van der Waals surface area contributed by atoms with Gasteiger partial charge in [-0.3, -0.25) is 4.57 Å². The molecule has 1 aliphatic heterocycles. The molecule has 0 spiro atoms. The van der Waals surface area contributed by atoms with Crippen LogP contribution in [0.3, 0.4) is 0 Å². The third kappa shape index (κ3) is 1.74. The van der Waals surface area contributed by atoms with Crippen LogP contribution in [0, 0.1) is 29.6 Å². The second kappa shape index (κ2) is 4.93. The van der Waals surface area contributed by atoms with E-state index in [1.807, 2.05) is 6.07 Å². The maximum absolute atomic E-state index is 10.2. The van der Waals surface area contributed by atoms with Gasteiger partial charge in [0.05, 0.1) is 19.0 Å². The molecule has 3 N–H and O–H groups in total. The summed E-state index contributed by atoms with van der Waals surface area (Å²) >= 11 is 0. The Balaban J connectivity index is 2.13. The molecule has 9 nitrogen and oxygen atoms in total. The molecule has 0 aromatic carbocycles. The van der Waals surface area contributed by atoms with E-state index in [2.05, 4.69) is 20.9 Å². The molecular weight excluding hydrogens is 290 g/mol. The van der Waals surface area contributed by atoms with Crippen LogP contribution in [0.5, 0.6) is 5.88 Å². The van der Waals surface area contributed by atoms with Crippen molar-refractivity contribution in [2.75, 3.05) is 6.61 Å². The van der Waals surface area contributed by atoms with E-state index in [4.69, 9.17) is 11.2 Å². The minimum Gasteiger partial charge on any atom is -0.492 e. The first-order valence-electron chi connectivity index (χ1n) is 6.28. The van der Waals surface area contributed by atoms with E-state index >= 15 is 0 Å². The molecule has 3 rings (SSSR count). The lowest BCUT2D eigenvalue weighted by Gasteiger charge is -2.23. The summed E-state index contributed by atoms with van der Waals surface area (Å²) in [5.74, 6) is 0.841. The third-order valence-electron chi connectivity index (χ3n) is 3.70. The highest BCUT2D eigenvalue weighted by Gasteiger charge is 2.55. The van der Waals surface area contributed by atoms with Crippen molar-refractivity contribution in [1.29, 1.82) is 5.26 Å². The van der Waals surface area contributed by atoms with Crippen molar-refractivity contribution in [2.24, 2.45) is 5.92 Å². The fourth-order valence-electron chi connectivity index (χ4n) is 2.49. The van der Waals surface area contributed by atoms with Crippen LogP contribution in [0.1, 0.15) is 6.23 Å². The molecular formula is C13H11N5O4.